The van der Waals surface area contributed by atoms with Gasteiger partial charge < -0.3 is 4.74 Å². The Bertz CT molecular complexity index is 2110. The summed E-state index contributed by atoms with van der Waals surface area (Å²) in [4.78, 5) is 13.4. The smallest absolute Gasteiger partial charge is 0.460 e. The predicted octanol–water partition coefficient (Wildman–Crippen LogP) is 11.0. The third kappa shape index (κ3) is 7.39. The van der Waals surface area contributed by atoms with Crippen molar-refractivity contribution in [1.82, 2.24) is 0 Å². The van der Waals surface area contributed by atoms with Gasteiger partial charge in [-0.25, -0.2) is 3.63 Å². The van der Waals surface area contributed by atoms with Crippen molar-refractivity contribution in [1.29, 1.82) is 0 Å². The number of alkyl halides is 9. The number of hydrogen-bond acceptors (Lipinski definition) is 6. The van der Waals surface area contributed by atoms with E-state index >= 15 is 8.78 Å². The number of rotatable bonds is 13. The zero-order valence-electron chi connectivity index (χ0n) is 26.9. The van der Waals surface area contributed by atoms with E-state index in [2.05, 4.69) is 0 Å². The van der Waals surface area contributed by atoms with Gasteiger partial charge in [-0.1, -0.05) is 48.2 Å². The van der Waals surface area contributed by atoms with Crippen LogP contribution in [0.15, 0.2) is 158 Å². The lowest BCUT2D eigenvalue weighted by molar-refractivity contribution is -0.382. The van der Waals surface area contributed by atoms with Crippen molar-refractivity contribution in [2.24, 2.45) is 0 Å². The fraction of sp³-hybridized carbons (Fsp3) is 0.139. The van der Waals surface area contributed by atoms with Crippen molar-refractivity contribution in [2.75, 3.05) is 7.11 Å². The van der Waals surface area contributed by atoms with Gasteiger partial charge in [0.1, 0.15) is 5.75 Å². The van der Waals surface area contributed by atoms with Gasteiger partial charge in [-0.15, -0.1) is 0 Å². The Hall–Kier alpha value is -4.45. The van der Waals surface area contributed by atoms with Gasteiger partial charge in [0.25, 0.3) is 0 Å². The van der Waals surface area contributed by atoms with Gasteiger partial charge >= 0.3 is 33.4 Å². The first-order valence-corrected chi connectivity index (χ1v) is 18.7. The normalized spacial score (nSPS) is 13.4. The highest BCUT2D eigenvalue weighted by Gasteiger charge is 2.86. The monoisotopic (exact) mass is 804 g/mol. The number of ether oxygens (including phenoxy) is 1. The highest BCUT2D eigenvalue weighted by atomic mass is 32.3. The van der Waals surface area contributed by atoms with Gasteiger partial charge in [0.2, 0.25) is 0 Å². The van der Waals surface area contributed by atoms with Crippen molar-refractivity contribution >= 4 is 38.0 Å². The third-order valence-corrected chi connectivity index (χ3v) is 13.9. The minimum absolute atomic E-state index is 0.200. The lowest BCUT2D eigenvalue weighted by atomic mass is 10.0. The molecule has 5 aromatic rings. The Morgan fingerprint density at radius 2 is 0.943 bits per heavy atom. The molecule has 0 saturated carbocycles. The summed E-state index contributed by atoms with van der Waals surface area (Å²) < 4.78 is 162. The molecule has 5 rings (SSSR count). The van der Waals surface area contributed by atoms with E-state index in [0.29, 0.717) is 26.7 Å². The summed E-state index contributed by atoms with van der Waals surface area (Å²) >= 11 is 1.16. The number of carbonyl (C=O) groups is 1. The summed E-state index contributed by atoms with van der Waals surface area (Å²) in [6.07, 6.45) is -7.25. The quantitative estimate of drug-likeness (QED) is 0.0872. The molecule has 17 heteroatoms. The molecule has 0 aromatic heterocycles. The van der Waals surface area contributed by atoms with Crippen LogP contribution >= 0.6 is 22.1 Å². The first-order chi connectivity index (χ1) is 24.8. The molecule has 5 nitrogen and oxygen atoms in total. The lowest BCUT2D eigenvalue weighted by Gasteiger charge is -2.41. The van der Waals surface area contributed by atoms with E-state index in [1.165, 1.54) is 92.0 Å². The molecule has 0 aliphatic rings. The zero-order chi connectivity index (χ0) is 38.9. The maximum Gasteiger partial charge on any atom is 0.460 e. The molecule has 0 fully saturated rings. The van der Waals surface area contributed by atoms with E-state index in [9.17, 15) is 43.9 Å². The van der Waals surface area contributed by atoms with Crippen LogP contribution in [0.25, 0.3) is 0 Å². The largest absolute Gasteiger partial charge is 0.497 e. The number of hydrogen-bond donors (Lipinski definition) is 0. The van der Waals surface area contributed by atoms with Crippen LogP contribution in [0.3, 0.4) is 0 Å². The van der Waals surface area contributed by atoms with E-state index in [0.717, 1.165) is 11.8 Å². The molecule has 0 atom stereocenters. The summed E-state index contributed by atoms with van der Waals surface area (Å²) in [6, 6.07) is 31.2. The van der Waals surface area contributed by atoms with E-state index in [1.807, 2.05) is 0 Å². The van der Waals surface area contributed by atoms with Crippen LogP contribution in [0, 0.1) is 0 Å². The lowest BCUT2D eigenvalue weighted by Crippen LogP contribution is -2.63. The summed E-state index contributed by atoms with van der Waals surface area (Å²) in [6.45, 7) is 0. The van der Waals surface area contributed by atoms with E-state index in [4.69, 9.17) is 8.37 Å². The van der Waals surface area contributed by atoms with E-state index < -0.39 is 43.7 Å². The second-order valence-corrected chi connectivity index (χ2v) is 16.7. The molecular formula is C36H25F9O5S3. The van der Waals surface area contributed by atoms with Gasteiger partial charge in [-0.3, -0.25) is 4.79 Å². The molecule has 0 N–H and O–H groups in total. The molecule has 0 aliphatic carbocycles. The molecule has 0 amide bonds. The first kappa shape index (κ1) is 39.8. The topological polar surface area (TPSA) is 69.7 Å². The molecule has 53 heavy (non-hydrogen) atoms. The molecule has 280 valence electrons. The second-order valence-electron chi connectivity index (χ2n) is 11.0. The van der Waals surface area contributed by atoms with Crippen LogP contribution in [-0.2, 0) is 13.7 Å². The predicted molar refractivity (Wildman–Crippen MR) is 180 cm³/mol. The second kappa shape index (κ2) is 14.8. The van der Waals surface area contributed by atoms with Gasteiger partial charge in [0.05, 0.1) is 7.11 Å². The SMILES string of the molecule is COc1ccc(C(=O)c2ccc(Sc3ccc(S(OS(=O)(=O)C(F)(F)C(F)(F)C(F)(F)C(F)(F)F)(c4ccccc4)c4ccccc4)cc3)cc2)cc1. The summed E-state index contributed by atoms with van der Waals surface area (Å²) in [5.41, 5.74) is 0.798. The van der Waals surface area contributed by atoms with Crippen LogP contribution in [-0.4, -0.2) is 44.6 Å². The third-order valence-electron chi connectivity index (χ3n) is 7.63. The maximum atomic E-state index is 15.1. The minimum atomic E-state index is -7.50. The van der Waals surface area contributed by atoms with Crippen LogP contribution in [0.2, 0.25) is 0 Å². The van der Waals surface area contributed by atoms with Crippen LogP contribution in [0.5, 0.6) is 5.75 Å². The molecule has 0 heterocycles. The van der Waals surface area contributed by atoms with Gasteiger partial charge in [-0.05, 0) is 107 Å². The molecule has 0 saturated heterocycles. The summed E-state index contributed by atoms with van der Waals surface area (Å²) in [5, 5.41) is -7.09. The molecule has 0 radical (unpaired) electrons. The Kier molecular flexibility index (Phi) is 11.1. The van der Waals surface area contributed by atoms with E-state index in [1.54, 1.807) is 48.5 Å². The van der Waals surface area contributed by atoms with Crippen molar-refractivity contribution < 1.29 is 61.1 Å². The number of ketones is 1. The number of methoxy groups -OCH3 is 1. The van der Waals surface area contributed by atoms with Crippen molar-refractivity contribution in [3.05, 3.63) is 145 Å². The molecule has 0 aliphatic heterocycles. The Morgan fingerprint density at radius 1 is 0.547 bits per heavy atom. The average molecular weight is 805 g/mol. The van der Waals surface area contributed by atoms with Crippen molar-refractivity contribution in [3.63, 3.8) is 0 Å². The molecule has 0 spiro atoms. The molecule has 5 aromatic carbocycles. The summed E-state index contributed by atoms with van der Waals surface area (Å²) in [5.74, 6) is -14.7. The average Bonchev–Trinajstić information content (AvgIpc) is 3.14. The standard InChI is InChI=1S/C36H25F9O5S3/c1-49-26-16-12-24(13-17-26)32(46)25-14-18-27(19-15-25)51-28-20-22-31(23-21-28)52(29-8-4-2-5-9-29,30-10-6-3-7-11-30)50-53(47,48)36(44,45)34(39,40)33(37,38)35(41,42)43/h2-23H,1H3. The van der Waals surface area contributed by atoms with Gasteiger partial charge in [0.15, 0.2) is 5.78 Å². The highest BCUT2D eigenvalue weighted by Crippen LogP contribution is 2.71. The first-order valence-electron chi connectivity index (χ1n) is 14.9. The fourth-order valence-electron chi connectivity index (χ4n) is 4.86. The summed E-state index contributed by atoms with van der Waals surface area (Å²) in [7, 11) is -9.96. The van der Waals surface area contributed by atoms with Crippen molar-refractivity contribution in [3.8, 4) is 5.75 Å². The Labute approximate surface area is 303 Å². The number of carbonyl (C=O) groups excluding carboxylic acids is 1. The van der Waals surface area contributed by atoms with Crippen LogP contribution < -0.4 is 4.74 Å². The Balaban J connectivity index is 1.54. The van der Waals surface area contributed by atoms with Crippen LogP contribution in [0.1, 0.15) is 15.9 Å². The maximum absolute atomic E-state index is 15.1. The van der Waals surface area contributed by atoms with Gasteiger partial charge in [-0.2, -0.15) is 47.9 Å². The fourth-order valence-corrected chi connectivity index (χ4v) is 10.9. The minimum Gasteiger partial charge on any atom is -0.497 e. The molecule has 0 bridgehead atoms. The highest BCUT2D eigenvalue weighted by molar-refractivity contribution is 8.33. The van der Waals surface area contributed by atoms with E-state index in [-0.39, 0.29) is 20.5 Å². The number of halogens is 9. The zero-order valence-corrected chi connectivity index (χ0v) is 29.3. The molecule has 0 unspecified atom stereocenters. The van der Waals surface area contributed by atoms with Crippen LogP contribution in [0.4, 0.5) is 39.5 Å². The molecular weight excluding hydrogens is 780 g/mol. The Morgan fingerprint density at radius 3 is 1.36 bits per heavy atom. The van der Waals surface area contributed by atoms with Gasteiger partial charge in [0, 0.05) is 35.6 Å². The van der Waals surface area contributed by atoms with Crippen molar-refractivity contribution in [2.45, 2.75) is 47.8 Å². The number of benzene rings is 5.